The summed E-state index contributed by atoms with van der Waals surface area (Å²) in [5.74, 6) is 0. The molecular weight excluding hydrogens is 367 g/mol. The van der Waals surface area contributed by atoms with E-state index >= 15 is 0 Å². The van der Waals surface area contributed by atoms with E-state index in [0.717, 1.165) is 0 Å². The summed E-state index contributed by atoms with van der Waals surface area (Å²) < 4.78 is 40.3. The van der Waals surface area contributed by atoms with Crippen LogP contribution in [0.3, 0.4) is 0 Å². The zero-order valence-electron chi connectivity index (χ0n) is 16.7. The molecule has 0 amide bonds. The molecule has 27 heavy (non-hydrogen) atoms. The highest BCUT2D eigenvalue weighted by atomic mass is 32.2. The van der Waals surface area contributed by atoms with Crippen LogP contribution in [0, 0.1) is 0 Å². The molecule has 0 unspecified atom stereocenters. The topological polar surface area (TPSA) is 97.8 Å². The first-order chi connectivity index (χ1) is 12.3. The van der Waals surface area contributed by atoms with Crippen molar-refractivity contribution < 1.29 is 22.8 Å². The Morgan fingerprint density at radius 2 is 1.67 bits per heavy atom. The van der Waals surface area contributed by atoms with Crippen LogP contribution >= 0.6 is 0 Å². The summed E-state index contributed by atoms with van der Waals surface area (Å²) in [4.78, 5) is 4.18. The zero-order valence-corrected chi connectivity index (χ0v) is 17.5. The van der Waals surface area contributed by atoms with Gasteiger partial charge in [-0.25, -0.2) is 13.1 Å². The fourth-order valence-electron chi connectivity index (χ4n) is 3.34. The zero-order chi connectivity index (χ0) is 20.1. The number of hydrogen-bond acceptors (Lipinski definition) is 6. The van der Waals surface area contributed by atoms with Crippen molar-refractivity contribution in [2.45, 2.75) is 88.0 Å². The SMILES string of the molecule is CC1(C)OB(c2cncc(S(=O)(=O)N[C@H]3CC[C@](C)(O)CC3)c2)OC1(C)C. The summed E-state index contributed by atoms with van der Waals surface area (Å²) >= 11 is 0. The average Bonchev–Trinajstić information content (AvgIpc) is 2.78. The molecule has 1 saturated heterocycles. The third kappa shape index (κ3) is 4.37. The molecule has 1 aromatic rings. The molecule has 0 radical (unpaired) electrons. The quantitative estimate of drug-likeness (QED) is 0.746. The highest BCUT2D eigenvalue weighted by Gasteiger charge is 2.52. The summed E-state index contributed by atoms with van der Waals surface area (Å²) in [7, 11) is -4.38. The molecular formula is C18H29BN2O5S. The lowest BCUT2D eigenvalue weighted by Gasteiger charge is -2.33. The van der Waals surface area contributed by atoms with Gasteiger partial charge in [-0.05, 0) is 66.4 Å². The molecule has 3 rings (SSSR count). The molecule has 0 spiro atoms. The van der Waals surface area contributed by atoms with Gasteiger partial charge in [0.2, 0.25) is 10.0 Å². The maximum atomic E-state index is 12.8. The Morgan fingerprint density at radius 1 is 1.11 bits per heavy atom. The van der Waals surface area contributed by atoms with Crippen molar-refractivity contribution in [2.75, 3.05) is 0 Å². The van der Waals surface area contributed by atoms with Crippen LogP contribution in [0.15, 0.2) is 23.4 Å². The van der Waals surface area contributed by atoms with Gasteiger partial charge in [0, 0.05) is 23.9 Å². The molecule has 2 fully saturated rings. The lowest BCUT2D eigenvalue weighted by atomic mass is 9.80. The maximum Gasteiger partial charge on any atom is 0.496 e. The second-order valence-corrected chi connectivity index (χ2v) is 10.6. The minimum atomic E-state index is -3.71. The van der Waals surface area contributed by atoms with Crippen LogP contribution in [0.1, 0.15) is 60.3 Å². The highest BCUT2D eigenvalue weighted by Crippen LogP contribution is 2.36. The Balaban J connectivity index is 1.75. The summed E-state index contributed by atoms with van der Waals surface area (Å²) in [6.45, 7) is 9.57. The van der Waals surface area contributed by atoms with Gasteiger partial charge in [0.15, 0.2) is 0 Å². The van der Waals surface area contributed by atoms with E-state index in [1.54, 1.807) is 19.2 Å². The maximum absolute atomic E-state index is 12.8. The number of rotatable bonds is 4. The van der Waals surface area contributed by atoms with Crippen LogP contribution in [-0.2, 0) is 19.3 Å². The van der Waals surface area contributed by atoms with Crippen LogP contribution in [0.2, 0.25) is 0 Å². The Hall–Kier alpha value is -0.995. The molecule has 1 aliphatic heterocycles. The molecule has 150 valence electrons. The molecule has 2 heterocycles. The molecule has 7 nitrogen and oxygen atoms in total. The third-order valence-corrected chi connectivity index (χ3v) is 7.44. The molecule has 1 aliphatic carbocycles. The first-order valence-electron chi connectivity index (χ1n) is 9.37. The van der Waals surface area contributed by atoms with Crippen LogP contribution in [0.5, 0.6) is 0 Å². The number of sulfonamides is 1. The van der Waals surface area contributed by atoms with Crippen molar-refractivity contribution in [3.05, 3.63) is 18.5 Å². The van der Waals surface area contributed by atoms with Gasteiger partial charge in [0.25, 0.3) is 0 Å². The van der Waals surface area contributed by atoms with E-state index in [-0.39, 0.29) is 10.9 Å². The number of nitrogens with one attached hydrogen (secondary N) is 1. The van der Waals surface area contributed by atoms with Crippen LogP contribution in [-0.4, -0.2) is 48.5 Å². The van der Waals surface area contributed by atoms with Gasteiger partial charge >= 0.3 is 7.12 Å². The van der Waals surface area contributed by atoms with Crippen LogP contribution in [0.25, 0.3) is 0 Å². The molecule has 2 aliphatic rings. The monoisotopic (exact) mass is 396 g/mol. The first kappa shape index (κ1) is 20.7. The molecule has 1 aromatic heterocycles. The van der Waals surface area contributed by atoms with Crippen LogP contribution in [0.4, 0.5) is 0 Å². The van der Waals surface area contributed by atoms with Crippen molar-refractivity contribution in [3.8, 4) is 0 Å². The average molecular weight is 396 g/mol. The van der Waals surface area contributed by atoms with E-state index in [4.69, 9.17) is 9.31 Å². The largest absolute Gasteiger partial charge is 0.496 e. The summed E-state index contributed by atoms with van der Waals surface area (Å²) in [5, 5.41) is 10.0. The number of aromatic nitrogens is 1. The van der Waals surface area contributed by atoms with Crippen LogP contribution < -0.4 is 10.2 Å². The van der Waals surface area contributed by atoms with Gasteiger partial charge in [-0.1, -0.05) is 0 Å². The van der Waals surface area contributed by atoms with Gasteiger partial charge in [0.05, 0.1) is 21.7 Å². The Bertz CT molecular complexity index is 784. The molecule has 2 N–H and O–H groups in total. The second kappa shape index (κ2) is 6.81. The predicted octanol–water partition coefficient (Wildman–Crippen LogP) is 1.35. The van der Waals surface area contributed by atoms with Gasteiger partial charge in [-0.2, -0.15) is 0 Å². The van der Waals surface area contributed by atoms with E-state index in [1.165, 1.54) is 6.20 Å². The van der Waals surface area contributed by atoms with Gasteiger partial charge in [-0.3, -0.25) is 4.98 Å². The van der Waals surface area contributed by atoms with Gasteiger partial charge < -0.3 is 14.4 Å². The molecule has 0 bridgehead atoms. The van der Waals surface area contributed by atoms with E-state index in [1.807, 2.05) is 27.7 Å². The fraction of sp³-hybridized carbons (Fsp3) is 0.722. The van der Waals surface area contributed by atoms with E-state index in [9.17, 15) is 13.5 Å². The third-order valence-electron chi connectivity index (χ3n) is 5.95. The number of nitrogens with zero attached hydrogens (tertiary/aromatic N) is 1. The smallest absolute Gasteiger partial charge is 0.399 e. The minimum Gasteiger partial charge on any atom is -0.399 e. The Labute approximate surface area is 162 Å². The Morgan fingerprint density at radius 3 is 2.22 bits per heavy atom. The lowest BCUT2D eigenvalue weighted by Crippen LogP contribution is -2.42. The van der Waals surface area contributed by atoms with E-state index < -0.39 is 33.9 Å². The number of pyridine rings is 1. The molecule has 9 heteroatoms. The first-order valence-corrected chi connectivity index (χ1v) is 10.9. The fourth-order valence-corrected chi connectivity index (χ4v) is 4.64. The van der Waals surface area contributed by atoms with Crippen molar-refractivity contribution in [1.82, 2.24) is 9.71 Å². The lowest BCUT2D eigenvalue weighted by molar-refractivity contribution is 0.00578. The summed E-state index contributed by atoms with van der Waals surface area (Å²) in [6, 6.07) is 1.37. The molecule has 0 aromatic carbocycles. The van der Waals surface area contributed by atoms with Gasteiger partial charge in [0.1, 0.15) is 0 Å². The molecule has 1 saturated carbocycles. The molecule has 0 atom stereocenters. The van der Waals surface area contributed by atoms with Crippen molar-refractivity contribution in [2.24, 2.45) is 0 Å². The summed E-state index contributed by atoms with van der Waals surface area (Å²) in [6.07, 6.45) is 5.26. The number of aliphatic hydroxyl groups is 1. The number of hydrogen-bond donors (Lipinski definition) is 2. The standard InChI is InChI=1S/C18H29BN2O5S/c1-16(2)17(3,4)26-19(25-16)13-10-15(12-20-11-13)27(23,24)21-14-6-8-18(5,22)9-7-14/h10-12,14,21-22H,6-9H2,1-5H3/t14-,18-. The Kier molecular flexibility index (Phi) is 5.23. The van der Waals surface area contributed by atoms with Crippen molar-refractivity contribution in [1.29, 1.82) is 0 Å². The predicted molar refractivity (Wildman–Crippen MR) is 103 cm³/mol. The van der Waals surface area contributed by atoms with E-state index in [0.29, 0.717) is 31.1 Å². The second-order valence-electron chi connectivity index (χ2n) is 8.93. The van der Waals surface area contributed by atoms with Crippen molar-refractivity contribution >= 4 is 22.6 Å². The van der Waals surface area contributed by atoms with Crippen molar-refractivity contribution in [3.63, 3.8) is 0 Å². The van der Waals surface area contributed by atoms with E-state index in [2.05, 4.69) is 9.71 Å². The summed E-state index contributed by atoms with van der Waals surface area (Å²) in [5.41, 5.74) is -1.16. The highest BCUT2D eigenvalue weighted by molar-refractivity contribution is 7.89. The van der Waals surface area contributed by atoms with Gasteiger partial charge in [-0.15, -0.1) is 0 Å². The normalized spacial score (nSPS) is 30.4. The minimum absolute atomic E-state index is 0.0899.